The minimum Gasteiger partial charge on any atom is -0.369 e. The number of likely N-dealkylation sites (tertiary alicyclic amines) is 1. The van der Waals surface area contributed by atoms with Crippen molar-refractivity contribution in [2.45, 2.75) is 19.4 Å². The van der Waals surface area contributed by atoms with Crippen molar-refractivity contribution in [1.82, 2.24) is 9.88 Å². The highest BCUT2D eigenvalue weighted by Gasteiger charge is 2.23. The molecule has 1 saturated heterocycles. The van der Waals surface area contributed by atoms with E-state index in [4.69, 9.17) is 10.7 Å². The van der Waals surface area contributed by atoms with E-state index in [9.17, 15) is 4.79 Å². The number of carbonyl (C=O) groups excluding carboxylic acids is 1. The van der Waals surface area contributed by atoms with E-state index in [-0.39, 0.29) is 11.8 Å². The molecule has 1 fully saturated rings. The van der Waals surface area contributed by atoms with Gasteiger partial charge in [-0.3, -0.25) is 9.69 Å². The second kappa shape index (κ2) is 6.89. The summed E-state index contributed by atoms with van der Waals surface area (Å²) >= 11 is 5.17. The zero-order valence-electron chi connectivity index (χ0n) is 12.2. The highest BCUT2D eigenvalue weighted by Crippen LogP contribution is 2.27. The third-order valence-electron chi connectivity index (χ3n) is 4.00. The third-order valence-corrected chi connectivity index (χ3v) is 5.43. The van der Waals surface area contributed by atoms with E-state index >= 15 is 0 Å². The van der Waals surface area contributed by atoms with E-state index in [2.05, 4.69) is 38.3 Å². The van der Waals surface area contributed by atoms with Crippen molar-refractivity contribution in [3.8, 4) is 10.6 Å². The highest BCUT2D eigenvalue weighted by molar-refractivity contribution is 9.10. The van der Waals surface area contributed by atoms with Gasteiger partial charge in [-0.15, -0.1) is 11.3 Å². The van der Waals surface area contributed by atoms with Gasteiger partial charge < -0.3 is 5.73 Å². The number of hydrogen-bond acceptors (Lipinski definition) is 4. The number of halogens is 1. The van der Waals surface area contributed by atoms with Gasteiger partial charge >= 0.3 is 0 Å². The number of nitrogens with zero attached hydrogens (tertiary/aromatic N) is 2. The normalized spacial score (nSPS) is 16.8. The van der Waals surface area contributed by atoms with Gasteiger partial charge in [0.25, 0.3) is 0 Å². The van der Waals surface area contributed by atoms with Crippen molar-refractivity contribution < 1.29 is 4.79 Å². The lowest BCUT2D eigenvalue weighted by atomic mass is 9.96. The Hall–Kier alpha value is -1.24. The number of primary amides is 1. The van der Waals surface area contributed by atoms with Crippen LogP contribution < -0.4 is 5.73 Å². The molecule has 22 heavy (non-hydrogen) atoms. The molecule has 6 heteroatoms. The van der Waals surface area contributed by atoms with Crippen LogP contribution in [0.3, 0.4) is 0 Å². The van der Waals surface area contributed by atoms with Crippen molar-refractivity contribution >= 4 is 33.2 Å². The zero-order chi connectivity index (χ0) is 15.5. The van der Waals surface area contributed by atoms with Crippen LogP contribution in [0.25, 0.3) is 10.6 Å². The molecule has 0 radical (unpaired) electrons. The van der Waals surface area contributed by atoms with Crippen LogP contribution >= 0.6 is 27.3 Å². The number of thiazole rings is 1. The molecule has 0 aliphatic carbocycles. The molecule has 1 aliphatic rings. The van der Waals surface area contributed by atoms with Crippen LogP contribution in [0.2, 0.25) is 0 Å². The van der Waals surface area contributed by atoms with Gasteiger partial charge in [0.05, 0.1) is 5.69 Å². The molecule has 1 aromatic carbocycles. The molecule has 0 unspecified atom stereocenters. The number of aromatic nitrogens is 1. The van der Waals surface area contributed by atoms with Gasteiger partial charge in [-0.2, -0.15) is 0 Å². The summed E-state index contributed by atoms with van der Waals surface area (Å²) in [5, 5.41) is 3.17. The summed E-state index contributed by atoms with van der Waals surface area (Å²) in [6.07, 6.45) is 1.72. The molecular weight excluding hydrogens is 362 g/mol. The maximum Gasteiger partial charge on any atom is 0.220 e. The molecule has 0 spiro atoms. The lowest BCUT2D eigenvalue weighted by molar-refractivity contribution is -0.123. The number of rotatable bonds is 4. The van der Waals surface area contributed by atoms with Crippen LogP contribution in [0.5, 0.6) is 0 Å². The number of amides is 1. The predicted molar refractivity (Wildman–Crippen MR) is 92.4 cm³/mol. The summed E-state index contributed by atoms with van der Waals surface area (Å²) < 4.78 is 1.07. The minimum absolute atomic E-state index is 0.0453. The minimum atomic E-state index is -0.162. The molecule has 2 N–H and O–H groups in total. The predicted octanol–water partition coefficient (Wildman–Crippen LogP) is 3.27. The average Bonchev–Trinajstić information content (AvgIpc) is 2.96. The van der Waals surface area contributed by atoms with Gasteiger partial charge in [0.15, 0.2) is 0 Å². The third kappa shape index (κ3) is 3.74. The highest BCUT2D eigenvalue weighted by atomic mass is 79.9. The molecule has 1 amide bonds. The SMILES string of the molecule is NC(=O)C1CCN(Cc2csc(-c3cccc(Br)c3)n2)CC1. The fourth-order valence-electron chi connectivity index (χ4n) is 2.74. The van der Waals surface area contributed by atoms with Crippen LogP contribution in [0.15, 0.2) is 34.1 Å². The van der Waals surface area contributed by atoms with Crippen LogP contribution in [0.4, 0.5) is 0 Å². The Balaban J connectivity index is 1.62. The van der Waals surface area contributed by atoms with Crippen molar-refractivity contribution in [1.29, 1.82) is 0 Å². The van der Waals surface area contributed by atoms with Gasteiger partial charge in [0.2, 0.25) is 5.91 Å². The van der Waals surface area contributed by atoms with Crippen molar-refractivity contribution in [2.24, 2.45) is 11.7 Å². The second-order valence-corrected chi connectivity index (χ2v) is 7.38. The number of carbonyl (C=O) groups is 1. The Morgan fingerprint density at radius 3 is 2.86 bits per heavy atom. The maximum absolute atomic E-state index is 11.2. The van der Waals surface area contributed by atoms with Gasteiger partial charge in [0, 0.05) is 27.9 Å². The van der Waals surface area contributed by atoms with Crippen molar-refractivity contribution in [3.63, 3.8) is 0 Å². The fraction of sp³-hybridized carbons (Fsp3) is 0.375. The first-order valence-electron chi connectivity index (χ1n) is 7.34. The molecule has 2 heterocycles. The van der Waals surface area contributed by atoms with Gasteiger partial charge in [0.1, 0.15) is 5.01 Å². The molecule has 0 saturated carbocycles. The van der Waals surface area contributed by atoms with E-state index in [1.807, 2.05) is 12.1 Å². The van der Waals surface area contributed by atoms with Crippen molar-refractivity contribution in [2.75, 3.05) is 13.1 Å². The second-order valence-electron chi connectivity index (χ2n) is 5.61. The molecule has 2 aromatic rings. The summed E-state index contributed by atoms with van der Waals surface area (Å²) in [7, 11) is 0. The van der Waals surface area contributed by atoms with E-state index in [0.717, 1.165) is 53.2 Å². The summed E-state index contributed by atoms with van der Waals surface area (Å²) in [5.41, 5.74) is 7.61. The zero-order valence-corrected chi connectivity index (χ0v) is 14.6. The largest absolute Gasteiger partial charge is 0.369 e. The summed E-state index contributed by atoms with van der Waals surface area (Å²) in [5.74, 6) is -0.117. The van der Waals surface area contributed by atoms with E-state index in [1.165, 1.54) is 0 Å². The molecule has 0 atom stereocenters. The molecule has 1 aromatic heterocycles. The number of nitrogens with two attached hydrogens (primary N) is 1. The van der Waals surface area contributed by atoms with Gasteiger partial charge in [-0.25, -0.2) is 4.98 Å². The van der Waals surface area contributed by atoms with Gasteiger partial charge in [-0.05, 0) is 38.1 Å². The maximum atomic E-state index is 11.2. The Morgan fingerprint density at radius 2 is 2.18 bits per heavy atom. The first kappa shape index (κ1) is 15.6. The first-order valence-corrected chi connectivity index (χ1v) is 9.01. The molecule has 1 aliphatic heterocycles. The van der Waals surface area contributed by atoms with E-state index in [0.29, 0.717) is 0 Å². The lowest BCUT2D eigenvalue weighted by Gasteiger charge is -2.29. The molecule has 116 valence electrons. The van der Waals surface area contributed by atoms with Crippen LogP contribution in [-0.4, -0.2) is 28.9 Å². The Bertz CT molecular complexity index is 665. The Kier molecular flexibility index (Phi) is 4.90. The Morgan fingerprint density at radius 1 is 1.41 bits per heavy atom. The molecule has 0 bridgehead atoms. The monoisotopic (exact) mass is 379 g/mol. The molecular formula is C16H18BrN3OS. The van der Waals surface area contributed by atoms with Gasteiger partial charge in [-0.1, -0.05) is 28.1 Å². The number of benzene rings is 1. The summed E-state index contributed by atoms with van der Waals surface area (Å²) in [4.78, 5) is 18.3. The smallest absolute Gasteiger partial charge is 0.220 e. The summed E-state index contributed by atoms with van der Waals surface area (Å²) in [6, 6.07) is 8.20. The fourth-order valence-corrected chi connectivity index (χ4v) is 3.95. The number of hydrogen-bond donors (Lipinski definition) is 1. The first-order chi connectivity index (χ1) is 10.6. The molecule has 4 nitrogen and oxygen atoms in total. The topological polar surface area (TPSA) is 59.2 Å². The summed E-state index contributed by atoms with van der Waals surface area (Å²) in [6.45, 7) is 2.67. The van der Waals surface area contributed by atoms with Crippen LogP contribution in [0, 0.1) is 5.92 Å². The number of piperidine rings is 1. The van der Waals surface area contributed by atoms with Crippen LogP contribution in [-0.2, 0) is 11.3 Å². The quantitative estimate of drug-likeness (QED) is 0.886. The lowest BCUT2D eigenvalue weighted by Crippen LogP contribution is -2.38. The van der Waals surface area contributed by atoms with E-state index < -0.39 is 0 Å². The molecule has 3 rings (SSSR count). The Labute approximate surface area is 142 Å². The van der Waals surface area contributed by atoms with E-state index in [1.54, 1.807) is 11.3 Å². The van der Waals surface area contributed by atoms with Crippen LogP contribution in [0.1, 0.15) is 18.5 Å². The average molecular weight is 380 g/mol. The van der Waals surface area contributed by atoms with Crippen molar-refractivity contribution in [3.05, 3.63) is 39.8 Å². The standard InChI is InChI=1S/C16H18BrN3OS/c17-13-3-1-2-12(8-13)16-19-14(10-22-16)9-20-6-4-11(5-7-20)15(18)21/h1-3,8,10-11H,4-7,9H2,(H2,18,21).